The molecule has 3 heterocycles. The number of aromatic nitrogens is 1. The first-order valence-electron chi connectivity index (χ1n) is 10.4. The highest BCUT2D eigenvalue weighted by atomic mass is 19.1. The SMILES string of the molecule is NCC1CCCCN1c1cccc(F)c1.Nc1cc(N2CCCCC2)ccn1. The molecule has 2 aromatic rings. The quantitative estimate of drug-likeness (QED) is 0.841. The third-order valence-electron chi connectivity index (χ3n) is 5.52. The number of piperidine rings is 2. The summed E-state index contributed by atoms with van der Waals surface area (Å²) < 4.78 is 13.1. The van der Waals surface area contributed by atoms with Crippen LogP contribution < -0.4 is 21.3 Å². The lowest BCUT2D eigenvalue weighted by Crippen LogP contribution is -2.44. The Labute approximate surface area is 167 Å². The lowest BCUT2D eigenvalue weighted by molar-refractivity contribution is 0.464. The normalized spacial score (nSPS) is 19.7. The summed E-state index contributed by atoms with van der Waals surface area (Å²) in [5, 5.41) is 0. The number of nitrogens with zero attached hydrogens (tertiary/aromatic N) is 3. The third-order valence-corrected chi connectivity index (χ3v) is 5.52. The van der Waals surface area contributed by atoms with Gasteiger partial charge in [0.05, 0.1) is 0 Å². The zero-order chi connectivity index (χ0) is 19.8. The number of halogens is 1. The van der Waals surface area contributed by atoms with Gasteiger partial charge < -0.3 is 21.3 Å². The van der Waals surface area contributed by atoms with Crippen LogP contribution in [0.25, 0.3) is 0 Å². The van der Waals surface area contributed by atoms with E-state index in [1.54, 1.807) is 18.3 Å². The summed E-state index contributed by atoms with van der Waals surface area (Å²) in [6, 6.07) is 11.1. The molecule has 1 aromatic heterocycles. The Morgan fingerprint density at radius 2 is 1.75 bits per heavy atom. The van der Waals surface area contributed by atoms with Gasteiger partial charge in [-0.2, -0.15) is 0 Å². The standard InChI is InChI=1S/C12H17FN2.C10H15N3/c13-10-4-3-6-11(8-10)15-7-2-1-5-12(15)9-14;11-10-8-9(4-5-12-10)13-6-2-1-3-7-13/h3-4,6,8,12H,1-2,5,7,9,14H2;4-5,8H,1-3,6-7H2,(H2,11,12). The molecule has 0 aliphatic carbocycles. The number of nitrogen functional groups attached to an aromatic ring is 1. The molecule has 6 heteroatoms. The number of anilines is 3. The Morgan fingerprint density at radius 1 is 0.964 bits per heavy atom. The molecule has 4 N–H and O–H groups in total. The van der Waals surface area contributed by atoms with Crippen molar-refractivity contribution in [1.29, 1.82) is 0 Å². The number of hydrogen-bond acceptors (Lipinski definition) is 5. The van der Waals surface area contributed by atoms with Gasteiger partial charge in [0.2, 0.25) is 0 Å². The highest BCUT2D eigenvalue weighted by Crippen LogP contribution is 2.24. The van der Waals surface area contributed by atoms with Gasteiger partial charge in [-0.15, -0.1) is 0 Å². The molecule has 2 fully saturated rings. The van der Waals surface area contributed by atoms with Gasteiger partial charge in [-0.05, 0) is 62.8 Å². The molecule has 1 aromatic carbocycles. The van der Waals surface area contributed by atoms with Gasteiger partial charge in [-0.1, -0.05) is 6.07 Å². The van der Waals surface area contributed by atoms with Crippen molar-refractivity contribution in [3.63, 3.8) is 0 Å². The average molecular weight is 386 g/mol. The maximum absolute atomic E-state index is 13.1. The Balaban J connectivity index is 0.000000162. The van der Waals surface area contributed by atoms with Crippen LogP contribution in [0.1, 0.15) is 38.5 Å². The molecule has 28 heavy (non-hydrogen) atoms. The van der Waals surface area contributed by atoms with Gasteiger partial charge in [0.15, 0.2) is 0 Å². The largest absolute Gasteiger partial charge is 0.384 e. The molecule has 5 nitrogen and oxygen atoms in total. The monoisotopic (exact) mass is 385 g/mol. The molecular weight excluding hydrogens is 353 g/mol. The lowest BCUT2D eigenvalue weighted by atomic mass is 10.0. The van der Waals surface area contributed by atoms with Crippen molar-refractivity contribution in [3.05, 3.63) is 48.4 Å². The Kier molecular flexibility index (Phi) is 7.48. The van der Waals surface area contributed by atoms with Crippen LogP contribution in [0, 0.1) is 5.82 Å². The van der Waals surface area contributed by atoms with E-state index < -0.39 is 0 Å². The van der Waals surface area contributed by atoms with E-state index in [0.717, 1.165) is 31.7 Å². The minimum atomic E-state index is -0.172. The van der Waals surface area contributed by atoms with Crippen LogP contribution in [0.4, 0.5) is 21.6 Å². The fourth-order valence-electron chi connectivity index (χ4n) is 4.03. The van der Waals surface area contributed by atoms with E-state index in [9.17, 15) is 4.39 Å². The van der Waals surface area contributed by atoms with Crippen LogP contribution in [-0.2, 0) is 0 Å². The van der Waals surface area contributed by atoms with E-state index >= 15 is 0 Å². The van der Waals surface area contributed by atoms with Crippen LogP contribution >= 0.6 is 0 Å². The highest BCUT2D eigenvalue weighted by molar-refractivity contribution is 5.52. The van der Waals surface area contributed by atoms with E-state index in [2.05, 4.69) is 14.8 Å². The number of pyridine rings is 1. The first-order valence-corrected chi connectivity index (χ1v) is 10.4. The van der Waals surface area contributed by atoms with Gasteiger partial charge in [0.25, 0.3) is 0 Å². The molecule has 2 aliphatic rings. The molecule has 0 amide bonds. The minimum Gasteiger partial charge on any atom is -0.384 e. The molecule has 2 saturated heterocycles. The maximum Gasteiger partial charge on any atom is 0.125 e. The third kappa shape index (κ3) is 5.58. The molecular formula is C22H32FN5. The van der Waals surface area contributed by atoms with Crippen molar-refractivity contribution < 1.29 is 4.39 Å². The number of hydrogen-bond donors (Lipinski definition) is 2. The van der Waals surface area contributed by atoms with Crippen LogP contribution in [0.15, 0.2) is 42.6 Å². The van der Waals surface area contributed by atoms with Crippen LogP contribution in [0.3, 0.4) is 0 Å². The van der Waals surface area contributed by atoms with Gasteiger partial charge in [-0.3, -0.25) is 0 Å². The molecule has 1 atom stereocenters. The Morgan fingerprint density at radius 3 is 2.46 bits per heavy atom. The maximum atomic E-state index is 13.1. The summed E-state index contributed by atoms with van der Waals surface area (Å²) in [6.07, 6.45) is 9.24. The second-order valence-corrected chi connectivity index (χ2v) is 7.55. The molecule has 0 spiro atoms. The van der Waals surface area contributed by atoms with Gasteiger partial charge in [0.1, 0.15) is 11.6 Å². The fraction of sp³-hybridized carbons (Fsp3) is 0.500. The van der Waals surface area contributed by atoms with Gasteiger partial charge in [0, 0.05) is 55.9 Å². The Bertz CT molecular complexity index is 732. The Hall–Kier alpha value is -2.34. The van der Waals surface area contributed by atoms with Crippen LogP contribution in [0.2, 0.25) is 0 Å². The van der Waals surface area contributed by atoms with Crippen molar-refractivity contribution in [2.24, 2.45) is 5.73 Å². The van der Waals surface area contributed by atoms with Crippen molar-refractivity contribution in [1.82, 2.24) is 4.98 Å². The number of rotatable bonds is 3. The molecule has 0 saturated carbocycles. The minimum absolute atomic E-state index is 0.172. The molecule has 2 aliphatic heterocycles. The molecule has 0 bridgehead atoms. The number of benzene rings is 1. The van der Waals surface area contributed by atoms with Gasteiger partial charge in [-0.25, -0.2) is 9.37 Å². The van der Waals surface area contributed by atoms with E-state index in [-0.39, 0.29) is 5.82 Å². The van der Waals surface area contributed by atoms with E-state index in [0.29, 0.717) is 18.4 Å². The summed E-state index contributed by atoms with van der Waals surface area (Å²) in [5.41, 5.74) is 13.5. The first-order chi connectivity index (χ1) is 13.7. The van der Waals surface area contributed by atoms with Crippen LogP contribution in [-0.4, -0.2) is 37.2 Å². The first kappa shape index (κ1) is 20.4. The predicted molar refractivity (Wildman–Crippen MR) is 115 cm³/mol. The van der Waals surface area contributed by atoms with Crippen LogP contribution in [0.5, 0.6) is 0 Å². The van der Waals surface area contributed by atoms with Crippen molar-refractivity contribution in [2.45, 2.75) is 44.6 Å². The highest BCUT2D eigenvalue weighted by Gasteiger charge is 2.21. The summed E-state index contributed by atoms with van der Waals surface area (Å²) in [6.45, 7) is 3.95. The van der Waals surface area contributed by atoms with Crippen molar-refractivity contribution in [3.8, 4) is 0 Å². The van der Waals surface area contributed by atoms with E-state index in [1.165, 1.54) is 43.9 Å². The zero-order valence-electron chi connectivity index (χ0n) is 16.6. The van der Waals surface area contributed by atoms with Crippen molar-refractivity contribution in [2.75, 3.05) is 41.7 Å². The van der Waals surface area contributed by atoms with Gasteiger partial charge >= 0.3 is 0 Å². The molecule has 0 radical (unpaired) electrons. The lowest BCUT2D eigenvalue weighted by Gasteiger charge is -2.36. The molecule has 152 valence electrons. The summed E-state index contributed by atoms with van der Waals surface area (Å²) in [4.78, 5) is 8.59. The summed E-state index contributed by atoms with van der Waals surface area (Å²) in [5.74, 6) is 0.442. The number of nitrogens with two attached hydrogens (primary N) is 2. The zero-order valence-corrected chi connectivity index (χ0v) is 16.6. The predicted octanol–water partition coefficient (Wildman–Crippen LogP) is 3.80. The van der Waals surface area contributed by atoms with E-state index in [1.807, 2.05) is 18.2 Å². The molecule has 1 unspecified atom stereocenters. The second-order valence-electron chi connectivity index (χ2n) is 7.55. The van der Waals surface area contributed by atoms with E-state index in [4.69, 9.17) is 11.5 Å². The summed E-state index contributed by atoms with van der Waals surface area (Å²) in [7, 11) is 0. The molecule has 4 rings (SSSR count). The average Bonchev–Trinajstić information content (AvgIpc) is 2.75. The fourth-order valence-corrected chi connectivity index (χ4v) is 4.03. The van der Waals surface area contributed by atoms with Crippen molar-refractivity contribution >= 4 is 17.2 Å². The second kappa shape index (κ2) is 10.3. The topological polar surface area (TPSA) is 71.4 Å². The smallest absolute Gasteiger partial charge is 0.125 e. The summed E-state index contributed by atoms with van der Waals surface area (Å²) >= 11 is 0.